The van der Waals surface area contributed by atoms with Crippen LogP contribution >= 0.6 is 0 Å². The molecule has 1 atom stereocenters. The van der Waals surface area contributed by atoms with Gasteiger partial charge in [0, 0.05) is 52.0 Å². The molecule has 1 aromatic carbocycles. The zero-order valence-electron chi connectivity index (χ0n) is 12.2. The molecule has 1 unspecified atom stereocenters. The van der Waals surface area contributed by atoms with Gasteiger partial charge in [-0.2, -0.15) is 0 Å². The van der Waals surface area contributed by atoms with Gasteiger partial charge in [0.05, 0.1) is 0 Å². The standard InChI is InChI=1S/C16H25N3/c1-13(12-19-9-6-17-7-10-19)14-3-4-16-15(11-14)5-8-18(16)2/h3-4,11,13,17H,5-10,12H2,1-2H3. The third-order valence-corrected chi connectivity index (χ3v) is 4.54. The van der Waals surface area contributed by atoms with Crippen LogP contribution in [0.5, 0.6) is 0 Å². The van der Waals surface area contributed by atoms with Crippen molar-refractivity contribution in [3.63, 3.8) is 0 Å². The molecule has 19 heavy (non-hydrogen) atoms. The minimum Gasteiger partial charge on any atom is -0.374 e. The van der Waals surface area contributed by atoms with E-state index in [1.165, 1.54) is 49.4 Å². The van der Waals surface area contributed by atoms with Crippen molar-refractivity contribution in [3.8, 4) is 0 Å². The molecule has 3 nitrogen and oxygen atoms in total. The average molecular weight is 259 g/mol. The smallest absolute Gasteiger partial charge is 0.0397 e. The van der Waals surface area contributed by atoms with Gasteiger partial charge in [0.15, 0.2) is 0 Å². The van der Waals surface area contributed by atoms with E-state index in [-0.39, 0.29) is 0 Å². The number of nitrogens with zero attached hydrogens (tertiary/aromatic N) is 2. The largest absolute Gasteiger partial charge is 0.374 e. The summed E-state index contributed by atoms with van der Waals surface area (Å²) >= 11 is 0. The van der Waals surface area contributed by atoms with Crippen molar-refractivity contribution in [2.45, 2.75) is 19.3 Å². The van der Waals surface area contributed by atoms with Gasteiger partial charge < -0.3 is 15.1 Å². The van der Waals surface area contributed by atoms with E-state index >= 15 is 0 Å². The summed E-state index contributed by atoms with van der Waals surface area (Å²) in [5.41, 5.74) is 4.47. The number of anilines is 1. The molecule has 1 aromatic rings. The quantitative estimate of drug-likeness (QED) is 0.891. The lowest BCUT2D eigenvalue weighted by atomic mass is 9.97. The molecule has 104 valence electrons. The topological polar surface area (TPSA) is 18.5 Å². The second-order valence-corrected chi connectivity index (χ2v) is 6.01. The highest BCUT2D eigenvalue weighted by atomic mass is 15.2. The van der Waals surface area contributed by atoms with Crippen molar-refractivity contribution < 1.29 is 0 Å². The first-order valence-electron chi connectivity index (χ1n) is 7.51. The van der Waals surface area contributed by atoms with E-state index in [1.807, 2.05) is 0 Å². The molecule has 0 radical (unpaired) electrons. The first-order valence-corrected chi connectivity index (χ1v) is 7.51. The second-order valence-electron chi connectivity index (χ2n) is 6.01. The van der Waals surface area contributed by atoms with Crippen LogP contribution in [0.25, 0.3) is 0 Å². The first-order chi connectivity index (χ1) is 9.24. The van der Waals surface area contributed by atoms with Gasteiger partial charge in [-0.25, -0.2) is 0 Å². The van der Waals surface area contributed by atoms with Crippen LogP contribution in [0, 0.1) is 0 Å². The number of nitrogens with one attached hydrogen (secondary N) is 1. The van der Waals surface area contributed by atoms with Crippen LogP contribution in [0.2, 0.25) is 0 Å². The Labute approximate surface area is 116 Å². The fraction of sp³-hybridized carbons (Fsp3) is 0.625. The highest BCUT2D eigenvalue weighted by molar-refractivity contribution is 5.58. The lowest BCUT2D eigenvalue weighted by Gasteiger charge is -2.30. The van der Waals surface area contributed by atoms with E-state index in [4.69, 9.17) is 0 Å². The molecular formula is C16H25N3. The Balaban J connectivity index is 1.68. The monoisotopic (exact) mass is 259 g/mol. The lowest BCUT2D eigenvalue weighted by Crippen LogP contribution is -2.44. The zero-order chi connectivity index (χ0) is 13.2. The SMILES string of the molecule is CC(CN1CCNCC1)c1ccc2c(c1)CCN2C. The van der Waals surface area contributed by atoms with E-state index in [0.717, 1.165) is 13.1 Å². The molecule has 2 aliphatic heterocycles. The molecule has 0 amide bonds. The Morgan fingerprint density at radius 1 is 1.21 bits per heavy atom. The molecule has 0 bridgehead atoms. The number of piperazine rings is 1. The van der Waals surface area contributed by atoms with Crippen molar-refractivity contribution in [2.75, 3.05) is 51.2 Å². The molecule has 2 heterocycles. The van der Waals surface area contributed by atoms with Crippen molar-refractivity contribution in [1.82, 2.24) is 10.2 Å². The van der Waals surface area contributed by atoms with Gasteiger partial charge in [-0.3, -0.25) is 0 Å². The average Bonchev–Trinajstić information content (AvgIpc) is 2.81. The number of fused-ring (bicyclic) bond motifs is 1. The third-order valence-electron chi connectivity index (χ3n) is 4.54. The van der Waals surface area contributed by atoms with Gasteiger partial charge in [0.1, 0.15) is 0 Å². The van der Waals surface area contributed by atoms with Crippen molar-refractivity contribution in [3.05, 3.63) is 29.3 Å². The molecule has 3 heteroatoms. The van der Waals surface area contributed by atoms with E-state index in [0.29, 0.717) is 5.92 Å². The summed E-state index contributed by atoms with van der Waals surface area (Å²) < 4.78 is 0. The Morgan fingerprint density at radius 2 is 2.00 bits per heavy atom. The van der Waals surface area contributed by atoms with Gasteiger partial charge in [-0.05, 0) is 29.5 Å². The predicted molar refractivity (Wildman–Crippen MR) is 81.1 cm³/mol. The summed E-state index contributed by atoms with van der Waals surface area (Å²) in [7, 11) is 2.19. The van der Waals surface area contributed by atoms with Gasteiger partial charge in [0.2, 0.25) is 0 Å². The summed E-state index contributed by atoms with van der Waals surface area (Å²) in [5, 5.41) is 3.42. The Morgan fingerprint density at radius 3 is 2.79 bits per heavy atom. The molecule has 2 aliphatic rings. The molecule has 1 fully saturated rings. The summed E-state index contributed by atoms with van der Waals surface area (Å²) in [6.07, 6.45) is 1.21. The van der Waals surface area contributed by atoms with Crippen molar-refractivity contribution in [1.29, 1.82) is 0 Å². The van der Waals surface area contributed by atoms with E-state index in [9.17, 15) is 0 Å². The Kier molecular flexibility index (Phi) is 3.76. The zero-order valence-corrected chi connectivity index (χ0v) is 12.2. The van der Waals surface area contributed by atoms with Gasteiger partial charge in [-0.1, -0.05) is 19.1 Å². The normalized spacial score (nSPS) is 21.5. The maximum atomic E-state index is 3.42. The molecule has 0 saturated carbocycles. The molecule has 0 aliphatic carbocycles. The number of likely N-dealkylation sites (N-methyl/N-ethyl adjacent to an activating group) is 1. The minimum atomic E-state index is 0.634. The first kappa shape index (κ1) is 12.9. The van der Waals surface area contributed by atoms with Crippen molar-refractivity contribution in [2.24, 2.45) is 0 Å². The van der Waals surface area contributed by atoms with Gasteiger partial charge >= 0.3 is 0 Å². The van der Waals surface area contributed by atoms with Gasteiger partial charge in [-0.15, -0.1) is 0 Å². The van der Waals surface area contributed by atoms with Crippen LogP contribution < -0.4 is 10.2 Å². The van der Waals surface area contributed by atoms with Crippen LogP contribution in [0.1, 0.15) is 24.0 Å². The molecule has 0 spiro atoms. The van der Waals surface area contributed by atoms with Gasteiger partial charge in [0.25, 0.3) is 0 Å². The Bertz CT molecular complexity index is 438. The number of hydrogen-bond donors (Lipinski definition) is 1. The number of benzene rings is 1. The maximum absolute atomic E-state index is 3.42. The van der Waals surface area contributed by atoms with E-state index in [1.54, 1.807) is 0 Å². The third kappa shape index (κ3) is 2.77. The molecule has 0 aromatic heterocycles. The highest BCUT2D eigenvalue weighted by Crippen LogP contribution is 2.30. The van der Waals surface area contributed by atoms with Crippen molar-refractivity contribution >= 4 is 5.69 Å². The highest BCUT2D eigenvalue weighted by Gasteiger charge is 2.19. The van der Waals surface area contributed by atoms with Crippen LogP contribution in [0.3, 0.4) is 0 Å². The minimum absolute atomic E-state index is 0.634. The molecular weight excluding hydrogens is 234 g/mol. The summed E-state index contributed by atoms with van der Waals surface area (Å²) in [5.74, 6) is 0.634. The number of hydrogen-bond acceptors (Lipinski definition) is 3. The summed E-state index contributed by atoms with van der Waals surface area (Å²) in [6, 6.07) is 7.07. The maximum Gasteiger partial charge on any atom is 0.0397 e. The van der Waals surface area contributed by atoms with Crippen LogP contribution in [0.15, 0.2) is 18.2 Å². The van der Waals surface area contributed by atoms with E-state index < -0.39 is 0 Å². The molecule has 1 N–H and O–H groups in total. The molecule has 1 saturated heterocycles. The van der Waals surface area contributed by atoms with E-state index in [2.05, 4.69) is 47.3 Å². The predicted octanol–water partition coefficient (Wildman–Crippen LogP) is 1.69. The number of rotatable bonds is 3. The molecule has 3 rings (SSSR count). The second kappa shape index (κ2) is 5.51. The lowest BCUT2D eigenvalue weighted by molar-refractivity contribution is 0.230. The fourth-order valence-corrected chi connectivity index (χ4v) is 3.28. The fourth-order valence-electron chi connectivity index (χ4n) is 3.28. The van der Waals surface area contributed by atoms with Crippen LogP contribution in [-0.2, 0) is 6.42 Å². The Hall–Kier alpha value is -1.06. The summed E-state index contributed by atoms with van der Waals surface area (Å²) in [4.78, 5) is 4.95. The van der Waals surface area contributed by atoms with Crippen LogP contribution in [-0.4, -0.2) is 51.2 Å². The summed E-state index contributed by atoms with van der Waals surface area (Å²) in [6.45, 7) is 9.39. The van der Waals surface area contributed by atoms with Crippen LogP contribution in [0.4, 0.5) is 5.69 Å².